The smallest absolute Gasteiger partial charge is 0.261 e. The highest BCUT2D eigenvalue weighted by atomic mass is 32.1. The van der Waals surface area contributed by atoms with Crippen molar-refractivity contribution in [1.82, 2.24) is 5.32 Å². The molecule has 20 heavy (non-hydrogen) atoms. The van der Waals surface area contributed by atoms with E-state index >= 15 is 0 Å². The molecular weight excluding hydrogens is 270 g/mol. The van der Waals surface area contributed by atoms with Gasteiger partial charge in [-0.3, -0.25) is 4.79 Å². The normalized spacial score (nSPS) is 12.1. The Morgan fingerprint density at radius 2 is 2.05 bits per heavy atom. The summed E-state index contributed by atoms with van der Waals surface area (Å²) in [5.41, 5.74) is 2.01. The summed E-state index contributed by atoms with van der Waals surface area (Å²) in [6.07, 6.45) is 0.963. The van der Waals surface area contributed by atoms with Crippen LogP contribution in [-0.2, 0) is 0 Å². The summed E-state index contributed by atoms with van der Waals surface area (Å²) >= 11 is 1.44. The average Bonchev–Trinajstić information content (AvgIpc) is 2.97. The average molecular weight is 289 g/mol. The van der Waals surface area contributed by atoms with Crippen molar-refractivity contribution in [3.05, 3.63) is 46.7 Å². The maximum Gasteiger partial charge on any atom is 0.261 e. The zero-order valence-corrected chi connectivity index (χ0v) is 12.3. The van der Waals surface area contributed by atoms with Crippen LogP contribution in [0.2, 0.25) is 0 Å². The number of benzene rings is 1. The van der Waals surface area contributed by atoms with Gasteiger partial charge in [0.2, 0.25) is 0 Å². The number of hydrogen-bond acceptors (Lipinski definition) is 3. The molecule has 3 nitrogen and oxygen atoms in total. The lowest BCUT2D eigenvalue weighted by atomic mass is 10.1. The van der Waals surface area contributed by atoms with Crippen LogP contribution in [0.25, 0.3) is 11.1 Å². The number of amides is 1. The standard InChI is InChI=1S/C16H19NO2S/c1-2-13(18)8-10-17-16(19)15-14(9-11-20-15)12-6-4-3-5-7-12/h3-7,9,11,13,18H,2,8,10H2,1H3,(H,17,19). The van der Waals surface area contributed by atoms with Gasteiger partial charge in [0.25, 0.3) is 5.91 Å². The van der Waals surface area contributed by atoms with Crippen LogP contribution < -0.4 is 5.32 Å². The zero-order valence-electron chi connectivity index (χ0n) is 11.5. The lowest BCUT2D eigenvalue weighted by Gasteiger charge is -2.09. The largest absolute Gasteiger partial charge is 0.393 e. The quantitative estimate of drug-likeness (QED) is 0.857. The van der Waals surface area contributed by atoms with Crippen molar-refractivity contribution < 1.29 is 9.90 Å². The molecule has 1 aromatic heterocycles. The van der Waals surface area contributed by atoms with Gasteiger partial charge in [0, 0.05) is 12.1 Å². The van der Waals surface area contributed by atoms with Crippen molar-refractivity contribution in [3.63, 3.8) is 0 Å². The molecule has 0 aliphatic rings. The van der Waals surface area contributed by atoms with Crippen LogP contribution in [-0.4, -0.2) is 23.7 Å². The fourth-order valence-corrected chi connectivity index (χ4v) is 2.80. The monoisotopic (exact) mass is 289 g/mol. The summed E-state index contributed by atoms with van der Waals surface area (Å²) in [5, 5.41) is 14.3. The Morgan fingerprint density at radius 1 is 1.30 bits per heavy atom. The Bertz CT molecular complexity index is 551. The van der Waals surface area contributed by atoms with Crippen LogP contribution in [0.4, 0.5) is 0 Å². The molecule has 0 saturated carbocycles. The van der Waals surface area contributed by atoms with Gasteiger partial charge in [0.1, 0.15) is 0 Å². The predicted octanol–water partition coefficient (Wildman–Crippen LogP) is 3.31. The molecule has 0 saturated heterocycles. The van der Waals surface area contributed by atoms with E-state index < -0.39 is 0 Å². The molecule has 0 aliphatic carbocycles. The van der Waals surface area contributed by atoms with Gasteiger partial charge in [-0.15, -0.1) is 11.3 Å². The van der Waals surface area contributed by atoms with Crippen LogP contribution >= 0.6 is 11.3 Å². The molecule has 0 radical (unpaired) electrons. The van der Waals surface area contributed by atoms with Gasteiger partial charge in [-0.2, -0.15) is 0 Å². The van der Waals surface area contributed by atoms with Crippen molar-refractivity contribution in [2.24, 2.45) is 0 Å². The number of carbonyl (C=O) groups is 1. The Hall–Kier alpha value is -1.65. The number of rotatable bonds is 6. The second-order valence-electron chi connectivity index (χ2n) is 4.64. The molecule has 1 unspecified atom stereocenters. The molecule has 0 aliphatic heterocycles. The molecule has 0 fully saturated rings. The summed E-state index contributed by atoms with van der Waals surface area (Å²) in [5.74, 6) is -0.0674. The van der Waals surface area contributed by atoms with E-state index in [1.807, 2.05) is 48.7 Å². The van der Waals surface area contributed by atoms with E-state index in [9.17, 15) is 9.90 Å². The van der Waals surface area contributed by atoms with Gasteiger partial charge in [-0.25, -0.2) is 0 Å². The molecule has 0 bridgehead atoms. The summed E-state index contributed by atoms with van der Waals surface area (Å²) in [6.45, 7) is 2.43. The minimum atomic E-state index is -0.341. The number of aliphatic hydroxyl groups excluding tert-OH is 1. The lowest BCUT2D eigenvalue weighted by Crippen LogP contribution is -2.26. The summed E-state index contributed by atoms with van der Waals surface area (Å²) in [6, 6.07) is 11.9. The maximum atomic E-state index is 12.2. The minimum absolute atomic E-state index is 0.0674. The minimum Gasteiger partial charge on any atom is -0.393 e. The van der Waals surface area contributed by atoms with E-state index in [-0.39, 0.29) is 12.0 Å². The molecule has 2 N–H and O–H groups in total. The summed E-state index contributed by atoms with van der Waals surface area (Å²) in [4.78, 5) is 12.9. The molecule has 4 heteroatoms. The third kappa shape index (κ3) is 3.68. The van der Waals surface area contributed by atoms with Crippen molar-refractivity contribution in [2.45, 2.75) is 25.9 Å². The topological polar surface area (TPSA) is 49.3 Å². The van der Waals surface area contributed by atoms with Crippen molar-refractivity contribution in [3.8, 4) is 11.1 Å². The Kier molecular flexibility index (Phi) is 5.32. The van der Waals surface area contributed by atoms with Gasteiger partial charge >= 0.3 is 0 Å². The third-order valence-electron chi connectivity index (χ3n) is 3.19. The number of hydrogen-bond donors (Lipinski definition) is 2. The van der Waals surface area contributed by atoms with Crippen LogP contribution in [0.1, 0.15) is 29.4 Å². The lowest BCUT2D eigenvalue weighted by molar-refractivity contribution is 0.0946. The molecule has 0 spiro atoms. The second-order valence-corrected chi connectivity index (χ2v) is 5.55. The number of aliphatic hydroxyl groups is 1. The highest BCUT2D eigenvalue weighted by molar-refractivity contribution is 7.12. The predicted molar refractivity (Wildman–Crippen MR) is 83.0 cm³/mol. The first-order valence-corrected chi connectivity index (χ1v) is 7.69. The van der Waals surface area contributed by atoms with Crippen molar-refractivity contribution in [1.29, 1.82) is 0 Å². The van der Waals surface area contributed by atoms with Crippen LogP contribution in [0, 0.1) is 0 Å². The first kappa shape index (κ1) is 14.8. The van der Waals surface area contributed by atoms with Gasteiger partial charge < -0.3 is 10.4 Å². The summed E-state index contributed by atoms with van der Waals surface area (Å²) < 4.78 is 0. The third-order valence-corrected chi connectivity index (χ3v) is 4.10. The van der Waals surface area contributed by atoms with E-state index in [0.29, 0.717) is 19.4 Å². The number of carbonyl (C=O) groups excluding carboxylic acids is 1. The van der Waals surface area contributed by atoms with E-state index in [1.165, 1.54) is 11.3 Å². The Morgan fingerprint density at radius 3 is 2.75 bits per heavy atom. The first-order chi connectivity index (χ1) is 9.72. The molecule has 1 amide bonds. The van der Waals surface area contributed by atoms with E-state index in [0.717, 1.165) is 16.0 Å². The second kappa shape index (κ2) is 7.22. The molecule has 2 aromatic rings. The van der Waals surface area contributed by atoms with Gasteiger partial charge in [-0.05, 0) is 29.9 Å². The first-order valence-electron chi connectivity index (χ1n) is 6.81. The van der Waals surface area contributed by atoms with E-state index in [1.54, 1.807) is 0 Å². The molecule has 1 heterocycles. The number of thiophene rings is 1. The van der Waals surface area contributed by atoms with Gasteiger partial charge in [0.05, 0.1) is 11.0 Å². The fraction of sp³-hybridized carbons (Fsp3) is 0.312. The molecule has 1 atom stereocenters. The van der Waals surface area contributed by atoms with Crippen LogP contribution in [0.15, 0.2) is 41.8 Å². The highest BCUT2D eigenvalue weighted by Crippen LogP contribution is 2.27. The Balaban J connectivity index is 2.03. The van der Waals surface area contributed by atoms with E-state index in [4.69, 9.17) is 0 Å². The summed E-state index contributed by atoms with van der Waals surface area (Å²) in [7, 11) is 0. The fourth-order valence-electron chi connectivity index (χ4n) is 1.97. The zero-order chi connectivity index (χ0) is 14.4. The molecular formula is C16H19NO2S. The molecule has 1 aromatic carbocycles. The SMILES string of the molecule is CCC(O)CCNC(=O)c1sccc1-c1ccccc1. The van der Waals surface area contributed by atoms with E-state index in [2.05, 4.69) is 5.32 Å². The van der Waals surface area contributed by atoms with Crippen LogP contribution in [0.5, 0.6) is 0 Å². The van der Waals surface area contributed by atoms with Crippen molar-refractivity contribution in [2.75, 3.05) is 6.54 Å². The Labute approximate surface area is 123 Å². The van der Waals surface area contributed by atoms with Gasteiger partial charge in [-0.1, -0.05) is 37.3 Å². The van der Waals surface area contributed by atoms with Crippen molar-refractivity contribution >= 4 is 17.2 Å². The maximum absolute atomic E-state index is 12.2. The van der Waals surface area contributed by atoms with Gasteiger partial charge in [0.15, 0.2) is 0 Å². The number of nitrogens with one attached hydrogen (secondary N) is 1. The molecule has 2 rings (SSSR count). The molecule has 106 valence electrons. The van der Waals surface area contributed by atoms with Crippen LogP contribution in [0.3, 0.4) is 0 Å². The highest BCUT2D eigenvalue weighted by Gasteiger charge is 2.14.